The fourth-order valence-corrected chi connectivity index (χ4v) is 4.63. The van der Waals surface area contributed by atoms with Gasteiger partial charge in [-0.15, -0.1) is 24.0 Å². The second kappa shape index (κ2) is 10.9. The Bertz CT molecular complexity index is 406. The third-order valence-corrected chi connectivity index (χ3v) is 6.16. The van der Waals surface area contributed by atoms with Crippen LogP contribution >= 0.6 is 24.0 Å². The van der Waals surface area contributed by atoms with Crippen molar-refractivity contribution in [1.29, 1.82) is 0 Å². The molecule has 1 heterocycles. The van der Waals surface area contributed by atoms with Crippen LogP contribution < -0.4 is 10.6 Å². The number of halogens is 1. The molecule has 6 heteroatoms. The molecule has 0 amide bonds. The Labute approximate surface area is 170 Å². The highest BCUT2D eigenvalue weighted by atomic mass is 127. The van der Waals surface area contributed by atoms with Crippen LogP contribution in [0.5, 0.6) is 0 Å². The maximum absolute atomic E-state index is 9.97. The number of aliphatic hydroxyl groups is 1. The molecule has 2 atom stereocenters. The maximum atomic E-state index is 9.97. The van der Waals surface area contributed by atoms with Crippen molar-refractivity contribution in [1.82, 2.24) is 15.5 Å². The number of hydrogen-bond donors (Lipinski definition) is 3. The van der Waals surface area contributed by atoms with E-state index in [1.807, 2.05) is 0 Å². The molecular weight excluding hydrogens is 427 g/mol. The Hall–Kier alpha value is -0.0800. The number of nitrogens with zero attached hydrogens (tertiary/aromatic N) is 2. The Kier molecular flexibility index (Phi) is 9.27. The van der Waals surface area contributed by atoms with Crippen LogP contribution in [0, 0.1) is 5.92 Å². The highest BCUT2D eigenvalue weighted by Crippen LogP contribution is 2.27. The van der Waals surface area contributed by atoms with Crippen molar-refractivity contribution in [3.05, 3.63) is 0 Å². The van der Waals surface area contributed by atoms with E-state index in [4.69, 9.17) is 4.99 Å². The molecule has 3 fully saturated rings. The van der Waals surface area contributed by atoms with E-state index in [9.17, 15) is 5.11 Å². The summed E-state index contributed by atoms with van der Waals surface area (Å²) in [6.07, 6.45) is 11.2. The first-order chi connectivity index (χ1) is 11.8. The van der Waals surface area contributed by atoms with Gasteiger partial charge in [0.25, 0.3) is 0 Å². The largest absolute Gasteiger partial charge is 0.393 e. The van der Waals surface area contributed by atoms with E-state index in [1.54, 1.807) is 0 Å². The fraction of sp³-hybridized carbons (Fsp3) is 0.947. The van der Waals surface area contributed by atoms with Gasteiger partial charge in [0.05, 0.1) is 6.10 Å². The van der Waals surface area contributed by atoms with Crippen LogP contribution in [-0.4, -0.2) is 60.3 Å². The molecule has 0 aromatic rings. The average molecular weight is 464 g/mol. The molecule has 0 aromatic heterocycles. The molecule has 5 nitrogen and oxygen atoms in total. The van der Waals surface area contributed by atoms with Crippen molar-refractivity contribution in [2.24, 2.45) is 10.9 Å². The molecular formula is C19H37IN4O. The zero-order chi connectivity index (χ0) is 16.8. The summed E-state index contributed by atoms with van der Waals surface area (Å²) in [7, 11) is 0. The first kappa shape index (κ1) is 21.2. The van der Waals surface area contributed by atoms with Crippen LogP contribution in [0.3, 0.4) is 0 Å². The van der Waals surface area contributed by atoms with E-state index in [1.165, 1.54) is 51.6 Å². The predicted octanol–water partition coefficient (Wildman–Crippen LogP) is 2.73. The predicted molar refractivity (Wildman–Crippen MR) is 115 cm³/mol. The van der Waals surface area contributed by atoms with Crippen molar-refractivity contribution in [3.8, 4) is 0 Å². The number of nitrogens with one attached hydrogen (secondary N) is 2. The van der Waals surface area contributed by atoms with E-state index in [0.29, 0.717) is 12.0 Å². The molecule has 3 rings (SSSR count). The van der Waals surface area contributed by atoms with E-state index in [0.717, 1.165) is 44.4 Å². The van der Waals surface area contributed by atoms with Gasteiger partial charge in [-0.05, 0) is 45.4 Å². The summed E-state index contributed by atoms with van der Waals surface area (Å²) in [5.41, 5.74) is 0. The van der Waals surface area contributed by atoms with Crippen LogP contribution in [0.2, 0.25) is 0 Å². The third kappa shape index (κ3) is 6.24. The van der Waals surface area contributed by atoms with Crippen LogP contribution in [0.4, 0.5) is 0 Å². The fourth-order valence-electron chi connectivity index (χ4n) is 4.63. The molecule has 2 saturated carbocycles. The summed E-state index contributed by atoms with van der Waals surface area (Å²) in [5, 5.41) is 17.0. The summed E-state index contributed by atoms with van der Waals surface area (Å²) in [5.74, 6) is 1.29. The van der Waals surface area contributed by atoms with Gasteiger partial charge in [0.2, 0.25) is 0 Å². The summed E-state index contributed by atoms with van der Waals surface area (Å²) < 4.78 is 0. The van der Waals surface area contributed by atoms with E-state index >= 15 is 0 Å². The Balaban J connectivity index is 0.00000225. The summed E-state index contributed by atoms with van der Waals surface area (Å²) in [6.45, 7) is 6.20. The van der Waals surface area contributed by atoms with Gasteiger partial charge in [-0.2, -0.15) is 0 Å². The number of piperidine rings is 1. The second-order valence-electron chi connectivity index (χ2n) is 7.87. The molecule has 1 aliphatic heterocycles. The molecule has 0 aromatic carbocycles. The lowest BCUT2D eigenvalue weighted by atomic mass is 10.0. The molecule has 25 heavy (non-hydrogen) atoms. The summed E-state index contributed by atoms with van der Waals surface area (Å²) in [6, 6.07) is 1.39. The van der Waals surface area contributed by atoms with Gasteiger partial charge in [-0.1, -0.05) is 19.3 Å². The number of guanidine groups is 1. The summed E-state index contributed by atoms with van der Waals surface area (Å²) in [4.78, 5) is 7.47. The molecule has 2 unspecified atom stereocenters. The average Bonchev–Trinajstić information content (AvgIpc) is 3.25. The van der Waals surface area contributed by atoms with Crippen molar-refractivity contribution in [3.63, 3.8) is 0 Å². The van der Waals surface area contributed by atoms with Gasteiger partial charge in [0.15, 0.2) is 5.96 Å². The minimum Gasteiger partial charge on any atom is -0.393 e. The number of aliphatic imine (C=N–C) groups is 1. The first-order valence-corrected chi connectivity index (χ1v) is 10.2. The van der Waals surface area contributed by atoms with E-state index < -0.39 is 0 Å². The number of hydrogen-bond acceptors (Lipinski definition) is 3. The molecule has 3 aliphatic rings. The summed E-state index contributed by atoms with van der Waals surface area (Å²) >= 11 is 0. The Morgan fingerprint density at radius 2 is 1.76 bits per heavy atom. The molecule has 1 saturated heterocycles. The minimum absolute atomic E-state index is 0. The standard InChI is InChI=1S/C19H36N4O.HI/c1-2-20-19(21-14-15-6-5-9-18(15)24)22-16-10-12-23(13-11-16)17-7-3-4-8-17;/h15-18,24H,2-14H2,1H3,(H2,20,21,22);1H. The molecule has 3 N–H and O–H groups in total. The van der Waals surface area contributed by atoms with Crippen molar-refractivity contribution >= 4 is 29.9 Å². The van der Waals surface area contributed by atoms with Gasteiger partial charge in [-0.3, -0.25) is 4.99 Å². The maximum Gasteiger partial charge on any atom is 0.191 e. The zero-order valence-electron chi connectivity index (χ0n) is 15.8. The van der Waals surface area contributed by atoms with Crippen LogP contribution in [0.25, 0.3) is 0 Å². The molecule has 0 radical (unpaired) electrons. The zero-order valence-corrected chi connectivity index (χ0v) is 18.1. The normalized spacial score (nSPS) is 29.6. The van der Waals surface area contributed by atoms with Gasteiger partial charge in [0, 0.05) is 44.2 Å². The smallest absolute Gasteiger partial charge is 0.191 e. The molecule has 0 bridgehead atoms. The number of likely N-dealkylation sites (tertiary alicyclic amines) is 1. The van der Waals surface area contributed by atoms with Crippen molar-refractivity contribution in [2.45, 2.75) is 82.9 Å². The van der Waals surface area contributed by atoms with Gasteiger partial charge in [0.1, 0.15) is 0 Å². The van der Waals surface area contributed by atoms with Gasteiger partial charge in [-0.25, -0.2) is 0 Å². The molecule has 2 aliphatic carbocycles. The van der Waals surface area contributed by atoms with Gasteiger partial charge >= 0.3 is 0 Å². The highest BCUT2D eigenvalue weighted by molar-refractivity contribution is 14.0. The number of aliphatic hydroxyl groups excluding tert-OH is 1. The highest BCUT2D eigenvalue weighted by Gasteiger charge is 2.28. The topological polar surface area (TPSA) is 59.9 Å². The van der Waals surface area contributed by atoms with Gasteiger partial charge < -0.3 is 20.6 Å². The monoisotopic (exact) mass is 464 g/mol. The van der Waals surface area contributed by atoms with Crippen molar-refractivity contribution < 1.29 is 5.11 Å². The third-order valence-electron chi connectivity index (χ3n) is 6.16. The van der Waals surface area contributed by atoms with Crippen LogP contribution in [0.1, 0.15) is 64.7 Å². The number of rotatable bonds is 5. The Morgan fingerprint density at radius 1 is 1.04 bits per heavy atom. The minimum atomic E-state index is -0.147. The first-order valence-electron chi connectivity index (χ1n) is 10.2. The Morgan fingerprint density at radius 3 is 2.36 bits per heavy atom. The quantitative estimate of drug-likeness (QED) is 0.333. The molecule has 0 spiro atoms. The lowest BCUT2D eigenvalue weighted by Gasteiger charge is -2.36. The van der Waals surface area contributed by atoms with E-state index in [2.05, 4.69) is 22.5 Å². The lowest BCUT2D eigenvalue weighted by molar-refractivity contribution is 0.136. The van der Waals surface area contributed by atoms with Crippen LogP contribution in [0.15, 0.2) is 4.99 Å². The molecule has 146 valence electrons. The van der Waals surface area contributed by atoms with Crippen LogP contribution in [-0.2, 0) is 0 Å². The SMILES string of the molecule is CCNC(=NCC1CCCC1O)NC1CCN(C2CCCC2)CC1.I. The van der Waals surface area contributed by atoms with Crippen molar-refractivity contribution in [2.75, 3.05) is 26.2 Å². The second-order valence-corrected chi connectivity index (χ2v) is 7.87. The lowest BCUT2D eigenvalue weighted by Crippen LogP contribution is -2.50. The van der Waals surface area contributed by atoms with E-state index in [-0.39, 0.29) is 30.1 Å².